The van der Waals surface area contributed by atoms with Crippen LogP contribution in [0.5, 0.6) is 0 Å². The number of ether oxygens (including phenoxy) is 1. The number of unbranched alkanes of at least 4 members (excludes halogenated alkanes) is 3. The van der Waals surface area contributed by atoms with Gasteiger partial charge >= 0.3 is 6.09 Å². The Morgan fingerprint density at radius 2 is 1.55 bits per heavy atom. The number of amides is 4. The van der Waals surface area contributed by atoms with Crippen LogP contribution >= 0.6 is 0 Å². The van der Waals surface area contributed by atoms with Crippen molar-refractivity contribution in [2.75, 3.05) is 11.9 Å². The van der Waals surface area contributed by atoms with Gasteiger partial charge in [-0.05, 0) is 80.6 Å². The van der Waals surface area contributed by atoms with Crippen LogP contribution in [0.3, 0.4) is 0 Å². The maximum absolute atomic E-state index is 14.4. The van der Waals surface area contributed by atoms with Crippen molar-refractivity contribution in [3.05, 3.63) is 77.4 Å². The molecular weight excluding hydrogens is 556 g/mol. The second-order valence-electron chi connectivity index (χ2n) is 12.2. The molecule has 0 radical (unpaired) electrons. The Kier molecular flexibility index (Phi) is 11.9. The smallest absolute Gasteiger partial charge is 0.408 e. The zero-order chi connectivity index (χ0) is 32.4. The number of rotatable bonds is 13. The van der Waals surface area contributed by atoms with Gasteiger partial charge in [-0.15, -0.1) is 0 Å². The number of hydrogen-bond donors (Lipinski definition) is 3. The molecule has 0 aliphatic rings. The van der Waals surface area contributed by atoms with E-state index in [9.17, 15) is 19.2 Å². The molecule has 44 heavy (non-hydrogen) atoms. The SMILES string of the molecule is CCCCCCN(C(=O)C(CC(N)=O)NC(=O)OC(C)(C)C)C(C(=O)Nc1ccc2ccccc2c1)c1c(C)cccc1C. The van der Waals surface area contributed by atoms with E-state index in [1.165, 1.54) is 4.90 Å². The summed E-state index contributed by atoms with van der Waals surface area (Å²) in [5.41, 5.74) is 7.65. The average Bonchev–Trinajstić information content (AvgIpc) is 2.93. The Morgan fingerprint density at radius 1 is 0.886 bits per heavy atom. The summed E-state index contributed by atoms with van der Waals surface area (Å²) >= 11 is 0. The van der Waals surface area contributed by atoms with Crippen LogP contribution < -0.4 is 16.4 Å². The first-order valence-corrected chi connectivity index (χ1v) is 15.2. The van der Waals surface area contributed by atoms with Gasteiger partial charge < -0.3 is 26.0 Å². The summed E-state index contributed by atoms with van der Waals surface area (Å²) in [6, 6.07) is 16.8. The number of nitrogens with one attached hydrogen (secondary N) is 2. The van der Waals surface area contributed by atoms with E-state index in [-0.39, 0.29) is 6.54 Å². The van der Waals surface area contributed by atoms with Gasteiger partial charge in [0, 0.05) is 12.2 Å². The van der Waals surface area contributed by atoms with Crippen LogP contribution in [0, 0.1) is 13.8 Å². The Hall–Kier alpha value is -4.40. The summed E-state index contributed by atoms with van der Waals surface area (Å²) in [6.07, 6.45) is 2.11. The molecule has 2 unspecified atom stereocenters. The number of carbonyl (C=O) groups is 4. The first-order chi connectivity index (χ1) is 20.8. The lowest BCUT2D eigenvalue weighted by molar-refractivity contribution is -0.142. The maximum atomic E-state index is 14.4. The minimum atomic E-state index is -1.33. The van der Waals surface area contributed by atoms with Crippen LogP contribution in [0.1, 0.15) is 82.5 Å². The predicted molar refractivity (Wildman–Crippen MR) is 174 cm³/mol. The quantitative estimate of drug-likeness (QED) is 0.197. The van der Waals surface area contributed by atoms with Crippen molar-refractivity contribution in [3.8, 4) is 0 Å². The molecule has 0 aliphatic carbocycles. The number of hydrogen-bond acceptors (Lipinski definition) is 5. The highest BCUT2D eigenvalue weighted by Gasteiger charge is 2.38. The van der Waals surface area contributed by atoms with Crippen molar-refractivity contribution in [2.24, 2.45) is 5.73 Å². The molecular formula is C35H46N4O5. The number of nitrogens with zero attached hydrogens (tertiary/aromatic N) is 1. The first-order valence-electron chi connectivity index (χ1n) is 15.2. The minimum Gasteiger partial charge on any atom is -0.444 e. The summed E-state index contributed by atoms with van der Waals surface area (Å²) in [7, 11) is 0. The van der Waals surface area contributed by atoms with Gasteiger partial charge in [-0.2, -0.15) is 0 Å². The summed E-state index contributed by atoms with van der Waals surface area (Å²) in [5.74, 6) is -1.77. The highest BCUT2D eigenvalue weighted by atomic mass is 16.6. The fraction of sp³-hybridized carbons (Fsp3) is 0.429. The van der Waals surface area contributed by atoms with Gasteiger partial charge in [-0.3, -0.25) is 14.4 Å². The normalized spacial score (nSPS) is 12.7. The highest BCUT2D eigenvalue weighted by Crippen LogP contribution is 2.31. The number of nitrogens with two attached hydrogens (primary N) is 1. The molecule has 0 heterocycles. The van der Waals surface area contributed by atoms with Crippen molar-refractivity contribution >= 4 is 40.3 Å². The largest absolute Gasteiger partial charge is 0.444 e. The van der Waals surface area contributed by atoms with E-state index in [2.05, 4.69) is 17.6 Å². The van der Waals surface area contributed by atoms with E-state index in [0.717, 1.165) is 41.2 Å². The summed E-state index contributed by atoms with van der Waals surface area (Å²) in [5, 5.41) is 7.58. The third-order valence-corrected chi connectivity index (χ3v) is 7.32. The summed E-state index contributed by atoms with van der Waals surface area (Å²) in [4.78, 5) is 55.1. The lowest BCUT2D eigenvalue weighted by Gasteiger charge is -2.35. The number of aryl methyl sites for hydroxylation is 2. The standard InChI is InChI=1S/C35H46N4O5/c1-7-8-9-12-20-39(33(42)28(22-29(36)40)38-34(43)44-35(4,5)6)31(30-23(2)14-13-15-24(30)3)32(41)37-27-19-18-25-16-10-11-17-26(25)21-27/h10-11,13-19,21,28,31H,7-9,12,20,22H2,1-6H3,(H2,36,40)(H,37,41)(H,38,43). The third kappa shape index (κ3) is 9.56. The van der Waals surface area contributed by atoms with E-state index in [1.807, 2.05) is 74.5 Å². The third-order valence-electron chi connectivity index (χ3n) is 7.32. The molecule has 3 aromatic rings. The topological polar surface area (TPSA) is 131 Å². The molecule has 0 aliphatic heterocycles. The number of anilines is 1. The molecule has 236 valence electrons. The fourth-order valence-electron chi connectivity index (χ4n) is 5.29. The highest BCUT2D eigenvalue weighted by molar-refractivity contribution is 6.01. The zero-order valence-corrected chi connectivity index (χ0v) is 26.7. The number of fused-ring (bicyclic) bond motifs is 1. The lowest BCUT2D eigenvalue weighted by atomic mass is 9.93. The van der Waals surface area contributed by atoms with Crippen molar-refractivity contribution in [2.45, 2.75) is 91.3 Å². The molecule has 0 bridgehead atoms. The first kappa shape index (κ1) is 34.1. The maximum Gasteiger partial charge on any atom is 0.408 e. The van der Waals surface area contributed by atoms with Gasteiger partial charge in [0.05, 0.1) is 6.42 Å². The average molecular weight is 603 g/mol. The van der Waals surface area contributed by atoms with Gasteiger partial charge in [0.15, 0.2) is 0 Å². The summed E-state index contributed by atoms with van der Waals surface area (Å²) < 4.78 is 5.39. The Bertz CT molecular complexity index is 1460. The second-order valence-corrected chi connectivity index (χ2v) is 12.2. The molecule has 4 N–H and O–H groups in total. The van der Waals surface area contributed by atoms with Crippen LogP contribution in [0.2, 0.25) is 0 Å². The monoisotopic (exact) mass is 602 g/mol. The molecule has 9 nitrogen and oxygen atoms in total. The van der Waals surface area contributed by atoms with Crippen LogP contribution in [0.4, 0.5) is 10.5 Å². The van der Waals surface area contributed by atoms with Crippen molar-refractivity contribution in [1.82, 2.24) is 10.2 Å². The van der Waals surface area contributed by atoms with Crippen LogP contribution in [0.15, 0.2) is 60.7 Å². The molecule has 4 amide bonds. The Balaban J connectivity index is 2.09. The number of alkyl carbamates (subject to hydrolysis) is 1. The van der Waals surface area contributed by atoms with Gasteiger partial charge in [0.25, 0.3) is 5.91 Å². The predicted octanol–water partition coefficient (Wildman–Crippen LogP) is 6.31. The van der Waals surface area contributed by atoms with Gasteiger partial charge in [-0.25, -0.2) is 4.79 Å². The molecule has 0 spiro atoms. The van der Waals surface area contributed by atoms with Gasteiger partial charge in [0.1, 0.15) is 17.7 Å². The van der Waals surface area contributed by atoms with E-state index in [0.29, 0.717) is 17.7 Å². The van der Waals surface area contributed by atoms with E-state index < -0.39 is 47.9 Å². The molecule has 3 aromatic carbocycles. The second kappa shape index (κ2) is 15.4. The minimum absolute atomic E-state index is 0.230. The van der Waals surface area contributed by atoms with E-state index in [1.54, 1.807) is 20.8 Å². The molecule has 0 aromatic heterocycles. The molecule has 2 atom stereocenters. The van der Waals surface area contributed by atoms with E-state index >= 15 is 0 Å². The van der Waals surface area contributed by atoms with Gasteiger partial charge in [0.2, 0.25) is 11.8 Å². The summed E-state index contributed by atoms with van der Waals surface area (Å²) in [6.45, 7) is 11.2. The molecule has 0 saturated carbocycles. The molecule has 0 saturated heterocycles. The van der Waals surface area contributed by atoms with Crippen molar-refractivity contribution in [1.29, 1.82) is 0 Å². The Labute approximate surface area is 260 Å². The number of primary amides is 1. The molecule has 3 rings (SSSR count). The zero-order valence-electron chi connectivity index (χ0n) is 26.7. The lowest BCUT2D eigenvalue weighted by Crippen LogP contribution is -2.53. The fourth-order valence-corrected chi connectivity index (χ4v) is 5.29. The molecule has 0 fully saturated rings. The van der Waals surface area contributed by atoms with Gasteiger partial charge in [-0.1, -0.05) is 74.7 Å². The Morgan fingerprint density at radius 3 is 2.16 bits per heavy atom. The van der Waals surface area contributed by atoms with Crippen LogP contribution in [-0.2, 0) is 19.1 Å². The van der Waals surface area contributed by atoms with Crippen molar-refractivity contribution in [3.63, 3.8) is 0 Å². The van der Waals surface area contributed by atoms with Crippen molar-refractivity contribution < 1.29 is 23.9 Å². The van der Waals surface area contributed by atoms with Crippen LogP contribution in [0.25, 0.3) is 10.8 Å². The number of carbonyl (C=O) groups excluding carboxylic acids is 4. The number of benzene rings is 3. The van der Waals surface area contributed by atoms with E-state index in [4.69, 9.17) is 10.5 Å². The van der Waals surface area contributed by atoms with Crippen LogP contribution in [-0.4, -0.2) is 46.9 Å². The molecule has 9 heteroatoms.